The molecule has 0 spiro atoms. The molecule has 0 saturated carbocycles. The molecule has 3 rings (SSSR count). The van der Waals surface area contributed by atoms with Gasteiger partial charge in [-0.3, -0.25) is 4.79 Å². The minimum absolute atomic E-state index is 0.0185. The zero-order valence-corrected chi connectivity index (χ0v) is 17.1. The monoisotopic (exact) mass is 391 g/mol. The number of hydrogen-bond acceptors (Lipinski definition) is 3. The van der Waals surface area contributed by atoms with Crippen molar-refractivity contribution in [2.45, 2.75) is 63.4 Å². The van der Waals surface area contributed by atoms with E-state index in [9.17, 15) is 13.2 Å². The van der Waals surface area contributed by atoms with Crippen LogP contribution in [0.2, 0.25) is 0 Å². The number of piperidine rings is 1. The molecule has 1 unspecified atom stereocenters. The molecule has 1 aliphatic rings. The zero-order valence-electron chi connectivity index (χ0n) is 16.3. The van der Waals surface area contributed by atoms with E-state index in [0.717, 1.165) is 30.2 Å². The van der Waals surface area contributed by atoms with Crippen LogP contribution in [0.4, 0.5) is 0 Å². The Morgan fingerprint density at radius 2 is 1.85 bits per heavy atom. The van der Waals surface area contributed by atoms with Crippen LogP contribution in [0.15, 0.2) is 35.4 Å². The van der Waals surface area contributed by atoms with Gasteiger partial charge in [-0.2, -0.15) is 4.31 Å². The maximum Gasteiger partial charge on any atom is 0.243 e. The number of hydrogen-bond donors (Lipinski definition) is 1. The third-order valence-electron chi connectivity index (χ3n) is 5.10. The first-order valence-electron chi connectivity index (χ1n) is 9.75. The second kappa shape index (κ2) is 8.02. The van der Waals surface area contributed by atoms with Crippen molar-refractivity contribution in [2.24, 2.45) is 0 Å². The van der Waals surface area contributed by atoms with Gasteiger partial charge in [0.2, 0.25) is 15.9 Å². The van der Waals surface area contributed by atoms with E-state index in [1.54, 1.807) is 16.4 Å². The van der Waals surface area contributed by atoms with E-state index < -0.39 is 10.0 Å². The quantitative estimate of drug-likeness (QED) is 0.821. The fraction of sp³-hybridized carbons (Fsp3) is 0.550. The molecule has 7 heteroatoms. The van der Waals surface area contributed by atoms with E-state index in [-0.39, 0.29) is 18.0 Å². The van der Waals surface area contributed by atoms with E-state index in [4.69, 9.17) is 0 Å². The molecule has 1 aromatic heterocycles. The molecule has 2 heterocycles. The average Bonchev–Trinajstić information content (AvgIpc) is 3.05. The van der Waals surface area contributed by atoms with Crippen molar-refractivity contribution in [3.8, 4) is 0 Å². The van der Waals surface area contributed by atoms with Crippen molar-refractivity contribution in [3.63, 3.8) is 0 Å². The molecule has 2 aromatic rings. The van der Waals surface area contributed by atoms with Crippen molar-refractivity contribution in [2.75, 3.05) is 13.1 Å². The number of nitrogens with one attached hydrogen (secondary N) is 1. The molecule has 1 atom stereocenters. The van der Waals surface area contributed by atoms with Crippen LogP contribution in [0.3, 0.4) is 0 Å². The first-order valence-corrected chi connectivity index (χ1v) is 11.2. The number of amides is 1. The van der Waals surface area contributed by atoms with Crippen molar-refractivity contribution in [1.82, 2.24) is 14.2 Å². The van der Waals surface area contributed by atoms with Crippen LogP contribution in [0.25, 0.3) is 10.9 Å². The summed E-state index contributed by atoms with van der Waals surface area (Å²) in [6, 6.07) is 6.86. The Kier molecular flexibility index (Phi) is 5.91. The van der Waals surface area contributed by atoms with Crippen molar-refractivity contribution in [3.05, 3.63) is 30.5 Å². The highest BCUT2D eigenvalue weighted by Crippen LogP contribution is 2.27. The van der Waals surface area contributed by atoms with Gasteiger partial charge in [-0.15, -0.1) is 0 Å². The molecule has 0 aliphatic carbocycles. The number of sulfonamides is 1. The van der Waals surface area contributed by atoms with Crippen LogP contribution < -0.4 is 5.32 Å². The second-order valence-corrected chi connectivity index (χ2v) is 9.43. The Balaban J connectivity index is 1.93. The van der Waals surface area contributed by atoms with Gasteiger partial charge in [0.05, 0.1) is 4.90 Å². The van der Waals surface area contributed by atoms with E-state index in [2.05, 4.69) is 5.32 Å². The Morgan fingerprint density at radius 1 is 1.15 bits per heavy atom. The summed E-state index contributed by atoms with van der Waals surface area (Å²) in [5.41, 5.74) is 0.873. The van der Waals surface area contributed by atoms with E-state index in [1.807, 2.05) is 43.7 Å². The minimum atomic E-state index is -3.46. The lowest BCUT2D eigenvalue weighted by Gasteiger charge is -2.26. The maximum atomic E-state index is 12.9. The smallest absolute Gasteiger partial charge is 0.243 e. The molecule has 1 saturated heterocycles. The van der Waals surface area contributed by atoms with Gasteiger partial charge in [0.15, 0.2) is 0 Å². The van der Waals surface area contributed by atoms with Crippen molar-refractivity contribution >= 4 is 26.8 Å². The van der Waals surface area contributed by atoms with Crippen LogP contribution in [0.1, 0.15) is 52.5 Å². The number of aromatic nitrogens is 1. The van der Waals surface area contributed by atoms with Crippen LogP contribution >= 0.6 is 0 Å². The molecule has 6 nitrogen and oxygen atoms in total. The number of benzene rings is 1. The lowest BCUT2D eigenvalue weighted by Crippen LogP contribution is -2.36. The molecule has 1 aromatic carbocycles. The summed E-state index contributed by atoms with van der Waals surface area (Å²) in [7, 11) is -3.46. The molecule has 1 aliphatic heterocycles. The summed E-state index contributed by atoms with van der Waals surface area (Å²) in [5, 5.41) is 3.80. The van der Waals surface area contributed by atoms with Gasteiger partial charge < -0.3 is 9.88 Å². The van der Waals surface area contributed by atoms with Crippen LogP contribution in [-0.2, 0) is 14.8 Å². The third kappa shape index (κ3) is 4.04. The third-order valence-corrected chi connectivity index (χ3v) is 7.00. The van der Waals surface area contributed by atoms with Crippen LogP contribution in [0.5, 0.6) is 0 Å². The number of nitrogens with zero attached hydrogens (tertiary/aromatic N) is 2. The van der Waals surface area contributed by atoms with Gasteiger partial charge in [0.25, 0.3) is 0 Å². The Bertz CT molecular complexity index is 912. The molecule has 1 fully saturated rings. The predicted molar refractivity (Wildman–Crippen MR) is 107 cm³/mol. The molecule has 27 heavy (non-hydrogen) atoms. The standard InChI is InChI=1S/C20H29N3O3S/c1-4-18(20(24)21-15(2)3)23-13-10-16-14-17(8-9-19(16)23)27(25,26)22-11-6-5-7-12-22/h8-10,13-15,18H,4-7,11-12H2,1-3H3,(H,21,24). The van der Waals surface area contributed by atoms with Gasteiger partial charge in [-0.25, -0.2) is 8.42 Å². The zero-order chi connectivity index (χ0) is 19.6. The van der Waals surface area contributed by atoms with Gasteiger partial charge >= 0.3 is 0 Å². The molecular formula is C20H29N3O3S. The summed E-state index contributed by atoms with van der Waals surface area (Å²) in [6.07, 6.45) is 5.46. The van der Waals surface area contributed by atoms with Crippen molar-refractivity contribution in [1.29, 1.82) is 0 Å². The highest BCUT2D eigenvalue weighted by molar-refractivity contribution is 7.89. The summed E-state index contributed by atoms with van der Waals surface area (Å²) in [5.74, 6) is -0.0185. The molecule has 1 N–H and O–H groups in total. The van der Waals surface area contributed by atoms with Crippen molar-refractivity contribution < 1.29 is 13.2 Å². The van der Waals surface area contributed by atoms with E-state index in [1.165, 1.54) is 0 Å². The second-order valence-electron chi connectivity index (χ2n) is 7.50. The maximum absolute atomic E-state index is 12.9. The summed E-state index contributed by atoms with van der Waals surface area (Å²) in [4.78, 5) is 12.9. The number of carbonyl (C=O) groups is 1. The van der Waals surface area contributed by atoms with Gasteiger partial charge in [0, 0.05) is 36.2 Å². The van der Waals surface area contributed by atoms with E-state index >= 15 is 0 Å². The molecule has 0 bridgehead atoms. The Labute approximate surface area is 161 Å². The average molecular weight is 392 g/mol. The number of rotatable bonds is 6. The van der Waals surface area contributed by atoms with Gasteiger partial charge in [-0.1, -0.05) is 13.3 Å². The number of carbonyl (C=O) groups excluding carboxylic acids is 1. The molecule has 0 radical (unpaired) electrons. The number of fused-ring (bicyclic) bond motifs is 1. The summed E-state index contributed by atoms with van der Waals surface area (Å²) < 4.78 is 29.3. The topological polar surface area (TPSA) is 71.4 Å². The lowest BCUT2D eigenvalue weighted by atomic mass is 10.2. The Morgan fingerprint density at radius 3 is 2.48 bits per heavy atom. The normalized spacial score (nSPS) is 17.3. The van der Waals surface area contributed by atoms with Crippen LogP contribution in [-0.4, -0.2) is 42.3 Å². The lowest BCUT2D eigenvalue weighted by molar-refractivity contribution is -0.124. The van der Waals surface area contributed by atoms with Gasteiger partial charge in [0.1, 0.15) is 6.04 Å². The highest BCUT2D eigenvalue weighted by atomic mass is 32.2. The first-order chi connectivity index (χ1) is 12.8. The fourth-order valence-corrected chi connectivity index (χ4v) is 5.27. The molecule has 148 valence electrons. The largest absolute Gasteiger partial charge is 0.352 e. The Hall–Kier alpha value is -1.86. The summed E-state index contributed by atoms with van der Waals surface area (Å²) >= 11 is 0. The summed E-state index contributed by atoms with van der Waals surface area (Å²) in [6.45, 7) is 7.04. The minimum Gasteiger partial charge on any atom is -0.352 e. The highest BCUT2D eigenvalue weighted by Gasteiger charge is 2.27. The molecule has 1 amide bonds. The van der Waals surface area contributed by atoms with Gasteiger partial charge in [-0.05, 0) is 57.4 Å². The predicted octanol–water partition coefficient (Wildman–Crippen LogP) is 3.29. The first kappa shape index (κ1) is 19.9. The van der Waals surface area contributed by atoms with E-state index in [0.29, 0.717) is 24.4 Å². The fourth-order valence-electron chi connectivity index (χ4n) is 3.72. The van der Waals surface area contributed by atoms with Crippen LogP contribution in [0, 0.1) is 0 Å². The molecular weight excluding hydrogens is 362 g/mol. The SMILES string of the molecule is CCC(C(=O)NC(C)C)n1ccc2cc(S(=O)(=O)N3CCCCC3)ccc21.